The van der Waals surface area contributed by atoms with Crippen LogP contribution >= 0.6 is 11.6 Å². The maximum absolute atomic E-state index is 11.7. The number of rotatable bonds is 3. The lowest BCUT2D eigenvalue weighted by Crippen LogP contribution is -2.27. The van der Waals surface area contributed by atoms with Gasteiger partial charge < -0.3 is 4.90 Å². The number of halogens is 1. The first-order chi connectivity index (χ1) is 6.65. The van der Waals surface area contributed by atoms with E-state index in [0.717, 1.165) is 13.0 Å². The van der Waals surface area contributed by atoms with Crippen molar-refractivity contribution >= 4 is 17.5 Å². The van der Waals surface area contributed by atoms with Gasteiger partial charge in [-0.3, -0.25) is 4.79 Å². The summed E-state index contributed by atoms with van der Waals surface area (Å²) < 4.78 is 0. The lowest BCUT2D eigenvalue weighted by Gasteiger charge is -2.15. The van der Waals surface area contributed by atoms with Crippen LogP contribution in [0.3, 0.4) is 0 Å². The molecule has 1 heterocycles. The van der Waals surface area contributed by atoms with Crippen LogP contribution in [-0.2, 0) is 0 Å². The lowest BCUT2D eigenvalue weighted by atomic mass is 10.2. The van der Waals surface area contributed by atoms with Crippen LogP contribution in [0.2, 0.25) is 5.15 Å². The van der Waals surface area contributed by atoms with Gasteiger partial charge in [-0.05, 0) is 18.6 Å². The molecular formula is C10H13ClN2O. The standard InChI is InChI=1S/C10H13ClN2O/c1-3-6-13(2)10(14)8-4-5-9(11)12-7-8/h4-5,7H,3,6H2,1-2H3. The molecule has 0 fully saturated rings. The Balaban J connectivity index is 2.74. The minimum absolute atomic E-state index is 0.0176. The third-order valence-electron chi connectivity index (χ3n) is 1.88. The fourth-order valence-corrected chi connectivity index (χ4v) is 1.27. The average molecular weight is 213 g/mol. The Hall–Kier alpha value is -1.09. The molecule has 0 unspecified atom stereocenters. The van der Waals surface area contributed by atoms with E-state index in [1.165, 1.54) is 6.20 Å². The van der Waals surface area contributed by atoms with E-state index in [9.17, 15) is 4.79 Å². The average Bonchev–Trinajstić information content (AvgIpc) is 2.18. The Morgan fingerprint density at radius 1 is 1.57 bits per heavy atom. The van der Waals surface area contributed by atoms with E-state index in [1.807, 2.05) is 6.92 Å². The molecule has 3 nitrogen and oxygen atoms in total. The van der Waals surface area contributed by atoms with E-state index in [2.05, 4.69) is 4.98 Å². The Bertz CT molecular complexity index is 310. The molecule has 0 saturated carbocycles. The summed E-state index contributed by atoms with van der Waals surface area (Å²) in [7, 11) is 1.78. The quantitative estimate of drug-likeness (QED) is 0.720. The topological polar surface area (TPSA) is 33.2 Å². The summed E-state index contributed by atoms with van der Waals surface area (Å²) in [6, 6.07) is 3.30. The fraction of sp³-hybridized carbons (Fsp3) is 0.400. The number of hydrogen-bond donors (Lipinski definition) is 0. The first kappa shape index (κ1) is 11.0. The van der Waals surface area contributed by atoms with Crippen molar-refractivity contribution in [1.29, 1.82) is 0 Å². The zero-order chi connectivity index (χ0) is 10.6. The largest absolute Gasteiger partial charge is 0.342 e. The Morgan fingerprint density at radius 3 is 2.79 bits per heavy atom. The molecule has 1 aromatic heterocycles. The summed E-state index contributed by atoms with van der Waals surface area (Å²) in [5, 5.41) is 0.402. The highest BCUT2D eigenvalue weighted by Gasteiger charge is 2.10. The van der Waals surface area contributed by atoms with Crippen molar-refractivity contribution in [3.05, 3.63) is 29.0 Å². The summed E-state index contributed by atoms with van der Waals surface area (Å²) in [5.74, 6) is -0.0176. The van der Waals surface area contributed by atoms with Gasteiger partial charge in [-0.15, -0.1) is 0 Å². The molecule has 14 heavy (non-hydrogen) atoms. The highest BCUT2D eigenvalue weighted by atomic mass is 35.5. The molecule has 0 aromatic carbocycles. The summed E-state index contributed by atoms with van der Waals surface area (Å²) in [5.41, 5.74) is 0.574. The van der Waals surface area contributed by atoms with Crippen molar-refractivity contribution in [2.24, 2.45) is 0 Å². The molecule has 0 aliphatic carbocycles. The predicted octanol–water partition coefficient (Wildman–Crippen LogP) is 2.22. The minimum atomic E-state index is -0.0176. The second-order valence-electron chi connectivity index (χ2n) is 3.10. The van der Waals surface area contributed by atoms with Gasteiger partial charge in [0, 0.05) is 19.8 Å². The van der Waals surface area contributed by atoms with Crippen LogP contribution in [0.5, 0.6) is 0 Å². The molecule has 0 saturated heterocycles. The van der Waals surface area contributed by atoms with Crippen LogP contribution in [-0.4, -0.2) is 29.4 Å². The number of nitrogens with zero attached hydrogens (tertiary/aromatic N) is 2. The third kappa shape index (κ3) is 2.70. The number of carbonyl (C=O) groups is 1. The van der Waals surface area contributed by atoms with E-state index in [1.54, 1.807) is 24.1 Å². The smallest absolute Gasteiger partial charge is 0.255 e. The van der Waals surface area contributed by atoms with Gasteiger partial charge in [-0.1, -0.05) is 18.5 Å². The number of amides is 1. The van der Waals surface area contributed by atoms with E-state index in [0.29, 0.717) is 10.7 Å². The SMILES string of the molecule is CCCN(C)C(=O)c1ccc(Cl)nc1. The van der Waals surface area contributed by atoms with E-state index in [4.69, 9.17) is 11.6 Å². The van der Waals surface area contributed by atoms with Crippen LogP contribution < -0.4 is 0 Å². The van der Waals surface area contributed by atoms with Crippen molar-refractivity contribution < 1.29 is 4.79 Å². The second kappa shape index (κ2) is 4.96. The molecule has 1 aromatic rings. The molecule has 1 amide bonds. The van der Waals surface area contributed by atoms with Gasteiger partial charge in [0.2, 0.25) is 0 Å². The minimum Gasteiger partial charge on any atom is -0.342 e. The molecule has 0 radical (unpaired) electrons. The highest BCUT2D eigenvalue weighted by Crippen LogP contribution is 2.07. The summed E-state index contributed by atoms with van der Waals surface area (Å²) >= 11 is 5.62. The van der Waals surface area contributed by atoms with Crippen LogP contribution in [0.25, 0.3) is 0 Å². The lowest BCUT2D eigenvalue weighted by molar-refractivity contribution is 0.0795. The van der Waals surface area contributed by atoms with Gasteiger partial charge >= 0.3 is 0 Å². The summed E-state index contributed by atoms with van der Waals surface area (Å²) in [4.78, 5) is 17.2. The van der Waals surface area contributed by atoms with Crippen molar-refractivity contribution in [1.82, 2.24) is 9.88 Å². The zero-order valence-electron chi connectivity index (χ0n) is 8.33. The van der Waals surface area contributed by atoms with Crippen LogP contribution in [0.4, 0.5) is 0 Å². The van der Waals surface area contributed by atoms with Gasteiger partial charge in [0.15, 0.2) is 0 Å². The summed E-state index contributed by atoms with van der Waals surface area (Å²) in [6.45, 7) is 2.78. The fourth-order valence-electron chi connectivity index (χ4n) is 1.16. The number of pyridine rings is 1. The maximum Gasteiger partial charge on any atom is 0.255 e. The highest BCUT2D eigenvalue weighted by molar-refractivity contribution is 6.29. The molecule has 1 rings (SSSR count). The molecule has 0 atom stereocenters. The molecule has 76 valence electrons. The molecule has 0 aliphatic rings. The molecule has 0 aliphatic heterocycles. The second-order valence-corrected chi connectivity index (χ2v) is 3.48. The van der Waals surface area contributed by atoms with Crippen LogP contribution in [0.1, 0.15) is 23.7 Å². The van der Waals surface area contributed by atoms with Crippen molar-refractivity contribution in [2.75, 3.05) is 13.6 Å². The van der Waals surface area contributed by atoms with E-state index < -0.39 is 0 Å². The normalized spacial score (nSPS) is 9.93. The van der Waals surface area contributed by atoms with Crippen LogP contribution in [0, 0.1) is 0 Å². The van der Waals surface area contributed by atoms with Gasteiger partial charge in [0.05, 0.1) is 5.56 Å². The van der Waals surface area contributed by atoms with E-state index in [-0.39, 0.29) is 5.91 Å². The number of hydrogen-bond acceptors (Lipinski definition) is 2. The third-order valence-corrected chi connectivity index (χ3v) is 2.10. The summed E-state index contributed by atoms with van der Waals surface area (Å²) in [6.07, 6.45) is 2.44. The van der Waals surface area contributed by atoms with Gasteiger partial charge in [0.25, 0.3) is 5.91 Å². The predicted molar refractivity (Wildman–Crippen MR) is 56.5 cm³/mol. The molecular weight excluding hydrogens is 200 g/mol. The first-order valence-electron chi connectivity index (χ1n) is 4.52. The van der Waals surface area contributed by atoms with E-state index >= 15 is 0 Å². The van der Waals surface area contributed by atoms with Crippen molar-refractivity contribution in [3.8, 4) is 0 Å². The first-order valence-corrected chi connectivity index (χ1v) is 4.90. The maximum atomic E-state index is 11.7. The van der Waals surface area contributed by atoms with Crippen LogP contribution in [0.15, 0.2) is 18.3 Å². The molecule has 0 spiro atoms. The van der Waals surface area contributed by atoms with Gasteiger partial charge in [-0.2, -0.15) is 0 Å². The van der Waals surface area contributed by atoms with Gasteiger partial charge in [-0.25, -0.2) is 4.98 Å². The van der Waals surface area contributed by atoms with Crippen molar-refractivity contribution in [2.45, 2.75) is 13.3 Å². The zero-order valence-corrected chi connectivity index (χ0v) is 9.08. The molecule has 0 bridgehead atoms. The number of carbonyl (C=O) groups excluding carboxylic acids is 1. The molecule has 4 heteroatoms. The monoisotopic (exact) mass is 212 g/mol. The van der Waals surface area contributed by atoms with Crippen molar-refractivity contribution in [3.63, 3.8) is 0 Å². The Kier molecular flexibility index (Phi) is 3.89. The molecule has 0 N–H and O–H groups in total. The van der Waals surface area contributed by atoms with Gasteiger partial charge in [0.1, 0.15) is 5.15 Å². The Morgan fingerprint density at radius 2 is 2.29 bits per heavy atom. The Labute approximate surface area is 88.7 Å². The number of aromatic nitrogens is 1.